The number of methoxy groups -OCH3 is 1. The van der Waals surface area contributed by atoms with Crippen LogP contribution in [0.1, 0.15) is 18.5 Å². The summed E-state index contributed by atoms with van der Waals surface area (Å²) in [5.41, 5.74) is 0.997. The van der Waals surface area contributed by atoms with Crippen LogP contribution < -0.4 is 14.8 Å². The second kappa shape index (κ2) is 5.92. The quantitative estimate of drug-likeness (QED) is 0.875. The van der Waals surface area contributed by atoms with Crippen molar-refractivity contribution in [1.29, 1.82) is 0 Å². The second-order valence-electron chi connectivity index (χ2n) is 4.90. The first-order chi connectivity index (χ1) is 9.83. The first-order valence-corrected chi connectivity index (χ1v) is 6.85. The fraction of sp³-hybridized carbons (Fsp3) is 0.312. The van der Waals surface area contributed by atoms with E-state index in [0.29, 0.717) is 11.9 Å². The van der Waals surface area contributed by atoms with Gasteiger partial charge in [0.2, 0.25) is 5.88 Å². The number of rotatable bonds is 6. The van der Waals surface area contributed by atoms with Crippen LogP contribution in [0.4, 0.5) is 0 Å². The molecule has 0 spiro atoms. The van der Waals surface area contributed by atoms with E-state index in [4.69, 9.17) is 9.47 Å². The Hall–Kier alpha value is -2.07. The highest BCUT2D eigenvalue weighted by atomic mass is 16.5. The molecular formula is C16H18N2O2. The molecule has 104 valence electrons. The number of nitrogens with zero attached hydrogens (tertiary/aromatic N) is 1. The van der Waals surface area contributed by atoms with Crippen LogP contribution in [0.25, 0.3) is 0 Å². The average Bonchev–Trinajstić information content (AvgIpc) is 3.30. The Labute approximate surface area is 118 Å². The summed E-state index contributed by atoms with van der Waals surface area (Å²) in [7, 11) is 1.64. The molecule has 0 aliphatic heterocycles. The van der Waals surface area contributed by atoms with Crippen LogP contribution in [-0.2, 0) is 6.54 Å². The maximum absolute atomic E-state index is 5.77. The van der Waals surface area contributed by atoms with Crippen LogP contribution in [0, 0.1) is 0 Å². The molecule has 1 fully saturated rings. The molecule has 1 aliphatic rings. The fourth-order valence-corrected chi connectivity index (χ4v) is 1.93. The van der Waals surface area contributed by atoms with Crippen LogP contribution >= 0.6 is 0 Å². The van der Waals surface area contributed by atoms with E-state index < -0.39 is 0 Å². The number of nitrogens with one attached hydrogen (secondary N) is 1. The van der Waals surface area contributed by atoms with Gasteiger partial charge in [0.25, 0.3) is 0 Å². The number of hydrogen-bond donors (Lipinski definition) is 1. The maximum atomic E-state index is 5.77. The largest absolute Gasteiger partial charge is 0.497 e. The Morgan fingerprint density at radius 2 is 1.95 bits per heavy atom. The number of pyridine rings is 1. The summed E-state index contributed by atoms with van der Waals surface area (Å²) in [4.78, 5) is 4.50. The molecule has 1 aromatic carbocycles. The van der Waals surface area contributed by atoms with Gasteiger partial charge in [-0.3, -0.25) is 0 Å². The lowest BCUT2D eigenvalue weighted by Crippen LogP contribution is -2.16. The minimum atomic E-state index is 0.605. The Morgan fingerprint density at radius 3 is 2.75 bits per heavy atom. The Balaban J connectivity index is 1.67. The van der Waals surface area contributed by atoms with E-state index >= 15 is 0 Å². The van der Waals surface area contributed by atoms with Crippen molar-refractivity contribution in [3.63, 3.8) is 0 Å². The van der Waals surface area contributed by atoms with E-state index in [-0.39, 0.29) is 0 Å². The lowest BCUT2D eigenvalue weighted by molar-refractivity contribution is 0.407. The van der Waals surface area contributed by atoms with E-state index in [2.05, 4.69) is 10.3 Å². The van der Waals surface area contributed by atoms with Gasteiger partial charge in [-0.05, 0) is 31.0 Å². The van der Waals surface area contributed by atoms with Crippen LogP contribution in [0.5, 0.6) is 17.4 Å². The third-order valence-electron chi connectivity index (χ3n) is 3.19. The fourth-order valence-electron chi connectivity index (χ4n) is 1.93. The van der Waals surface area contributed by atoms with Crippen LogP contribution in [0.2, 0.25) is 0 Å². The monoisotopic (exact) mass is 270 g/mol. The predicted octanol–water partition coefficient (Wildman–Crippen LogP) is 3.13. The highest BCUT2D eigenvalue weighted by molar-refractivity contribution is 5.35. The van der Waals surface area contributed by atoms with Gasteiger partial charge >= 0.3 is 0 Å². The second-order valence-corrected chi connectivity index (χ2v) is 4.90. The highest BCUT2D eigenvalue weighted by Gasteiger charge is 2.20. The minimum Gasteiger partial charge on any atom is -0.497 e. The molecule has 3 rings (SSSR count). The van der Waals surface area contributed by atoms with Crippen molar-refractivity contribution in [1.82, 2.24) is 10.3 Å². The summed E-state index contributed by atoms with van der Waals surface area (Å²) in [6.07, 6.45) is 2.56. The molecule has 0 unspecified atom stereocenters. The number of hydrogen-bond acceptors (Lipinski definition) is 4. The maximum Gasteiger partial charge on any atom is 0.219 e. The molecule has 0 amide bonds. The van der Waals surface area contributed by atoms with Crippen LogP contribution in [0.15, 0.2) is 42.5 Å². The molecule has 1 aliphatic carbocycles. The van der Waals surface area contributed by atoms with Crippen molar-refractivity contribution in [2.75, 3.05) is 7.11 Å². The molecule has 0 saturated heterocycles. The standard InChI is InChI=1S/C16H18N2O2/c1-19-14-5-3-6-15(10-14)20-16-7-2-4-13(18-16)11-17-12-8-9-12/h2-7,10,12,17H,8-9,11H2,1H3. The van der Waals surface area contributed by atoms with Crippen molar-refractivity contribution in [2.45, 2.75) is 25.4 Å². The molecule has 2 aromatic rings. The molecular weight excluding hydrogens is 252 g/mol. The molecule has 1 heterocycles. The van der Waals surface area contributed by atoms with Gasteiger partial charge in [0.15, 0.2) is 0 Å². The van der Waals surface area contributed by atoms with Gasteiger partial charge in [0, 0.05) is 24.7 Å². The van der Waals surface area contributed by atoms with Gasteiger partial charge < -0.3 is 14.8 Å². The Kier molecular flexibility index (Phi) is 3.83. The van der Waals surface area contributed by atoms with Crippen molar-refractivity contribution in [2.24, 2.45) is 0 Å². The molecule has 0 radical (unpaired) electrons. The van der Waals surface area contributed by atoms with Gasteiger partial charge in [-0.25, -0.2) is 4.98 Å². The number of benzene rings is 1. The topological polar surface area (TPSA) is 43.4 Å². The van der Waals surface area contributed by atoms with E-state index in [1.807, 2.05) is 42.5 Å². The predicted molar refractivity (Wildman–Crippen MR) is 77.2 cm³/mol. The van der Waals surface area contributed by atoms with Crippen LogP contribution in [0.3, 0.4) is 0 Å². The third-order valence-corrected chi connectivity index (χ3v) is 3.19. The summed E-state index contributed by atoms with van der Waals surface area (Å²) < 4.78 is 10.9. The normalized spacial score (nSPS) is 14.1. The molecule has 20 heavy (non-hydrogen) atoms. The molecule has 4 nitrogen and oxygen atoms in total. The minimum absolute atomic E-state index is 0.605. The zero-order valence-corrected chi connectivity index (χ0v) is 11.5. The van der Waals surface area contributed by atoms with Gasteiger partial charge in [-0.15, -0.1) is 0 Å². The molecule has 1 saturated carbocycles. The lowest BCUT2D eigenvalue weighted by Gasteiger charge is -2.08. The highest BCUT2D eigenvalue weighted by Crippen LogP contribution is 2.24. The molecule has 0 bridgehead atoms. The summed E-state index contributed by atoms with van der Waals surface area (Å²) in [6.45, 7) is 0.792. The van der Waals surface area contributed by atoms with Crippen molar-refractivity contribution >= 4 is 0 Å². The zero-order valence-electron chi connectivity index (χ0n) is 11.5. The average molecular weight is 270 g/mol. The van der Waals surface area contributed by atoms with E-state index in [1.165, 1.54) is 12.8 Å². The first kappa shape index (κ1) is 12.9. The van der Waals surface area contributed by atoms with Gasteiger partial charge in [-0.2, -0.15) is 0 Å². The first-order valence-electron chi connectivity index (χ1n) is 6.85. The van der Waals surface area contributed by atoms with E-state index in [0.717, 1.165) is 23.7 Å². The van der Waals surface area contributed by atoms with Crippen molar-refractivity contribution in [3.05, 3.63) is 48.2 Å². The van der Waals surface area contributed by atoms with Crippen molar-refractivity contribution < 1.29 is 9.47 Å². The Bertz CT molecular complexity index is 582. The molecule has 1 aromatic heterocycles. The third kappa shape index (κ3) is 3.48. The van der Waals surface area contributed by atoms with Crippen molar-refractivity contribution in [3.8, 4) is 17.4 Å². The number of ether oxygens (including phenoxy) is 2. The van der Waals surface area contributed by atoms with Gasteiger partial charge in [0.05, 0.1) is 12.8 Å². The SMILES string of the molecule is COc1cccc(Oc2cccc(CNC3CC3)n2)c1. The van der Waals surface area contributed by atoms with Crippen LogP contribution in [-0.4, -0.2) is 18.1 Å². The van der Waals surface area contributed by atoms with E-state index in [1.54, 1.807) is 7.11 Å². The summed E-state index contributed by atoms with van der Waals surface area (Å²) in [5, 5.41) is 3.44. The molecule has 1 N–H and O–H groups in total. The van der Waals surface area contributed by atoms with Gasteiger partial charge in [0.1, 0.15) is 11.5 Å². The number of aromatic nitrogens is 1. The summed E-state index contributed by atoms with van der Waals surface area (Å²) >= 11 is 0. The summed E-state index contributed by atoms with van der Waals surface area (Å²) in [5.74, 6) is 2.10. The molecule has 0 atom stereocenters. The van der Waals surface area contributed by atoms with Gasteiger partial charge in [-0.1, -0.05) is 12.1 Å². The van der Waals surface area contributed by atoms with E-state index in [9.17, 15) is 0 Å². The zero-order chi connectivity index (χ0) is 13.8. The lowest BCUT2D eigenvalue weighted by atomic mass is 10.3. The molecule has 4 heteroatoms. The summed E-state index contributed by atoms with van der Waals surface area (Å²) in [6, 6.07) is 14.0. The Morgan fingerprint density at radius 1 is 1.15 bits per heavy atom. The smallest absolute Gasteiger partial charge is 0.219 e.